The fourth-order valence-corrected chi connectivity index (χ4v) is 4.52. The molecular formula is C21H36O6. The van der Waals surface area contributed by atoms with E-state index in [0.29, 0.717) is 12.8 Å². The maximum absolute atomic E-state index is 12.6. The number of hydrogen-bond donors (Lipinski definition) is 0. The molecule has 2 heterocycles. The van der Waals surface area contributed by atoms with Crippen LogP contribution >= 0.6 is 0 Å². The summed E-state index contributed by atoms with van der Waals surface area (Å²) < 4.78 is 23.2. The van der Waals surface area contributed by atoms with Gasteiger partial charge in [-0.15, -0.1) is 0 Å². The van der Waals surface area contributed by atoms with Crippen molar-refractivity contribution in [2.75, 3.05) is 0 Å². The van der Waals surface area contributed by atoms with Crippen LogP contribution in [0.3, 0.4) is 0 Å². The van der Waals surface area contributed by atoms with E-state index in [0.717, 1.165) is 0 Å². The zero-order valence-corrected chi connectivity index (χ0v) is 18.3. The monoisotopic (exact) mass is 384 g/mol. The average Bonchev–Trinajstić information content (AvgIpc) is 3.31. The van der Waals surface area contributed by atoms with Crippen LogP contribution in [0.15, 0.2) is 0 Å². The Balaban J connectivity index is 2.06. The minimum Gasteiger partial charge on any atom is -0.428 e. The summed E-state index contributed by atoms with van der Waals surface area (Å²) in [4.78, 5) is 23.9. The first-order valence-corrected chi connectivity index (χ1v) is 9.99. The highest BCUT2D eigenvalue weighted by atomic mass is 16.8. The van der Waals surface area contributed by atoms with Gasteiger partial charge in [-0.05, 0) is 59.8 Å². The molecule has 6 nitrogen and oxygen atoms in total. The summed E-state index contributed by atoms with van der Waals surface area (Å²) in [6.45, 7) is 17.3. The summed E-state index contributed by atoms with van der Waals surface area (Å²) in [5.41, 5.74) is -1.85. The molecule has 0 amide bonds. The van der Waals surface area contributed by atoms with Gasteiger partial charge in [0.05, 0.1) is 12.2 Å². The highest BCUT2D eigenvalue weighted by Gasteiger charge is 2.73. The first-order chi connectivity index (χ1) is 12.2. The molecule has 6 atom stereocenters. The van der Waals surface area contributed by atoms with E-state index in [1.54, 1.807) is 6.92 Å². The van der Waals surface area contributed by atoms with Crippen molar-refractivity contribution in [2.24, 2.45) is 11.8 Å². The molecule has 2 rings (SSSR count). The van der Waals surface area contributed by atoms with Gasteiger partial charge in [0.15, 0.2) is 6.10 Å². The Morgan fingerprint density at radius 1 is 1.11 bits per heavy atom. The van der Waals surface area contributed by atoms with Gasteiger partial charge < -0.3 is 23.7 Å². The number of carbonyl (C=O) groups excluding carboxylic acids is 2. The minimum atomic E-state index is -0.728. The summed E-state index contributed by atoms with van der Waals surface area (Å²) in [5, 5.41) is 0. The van der Waals surface area contributed by atoms with Crippen LogP contribution in [-0.2, 0) is 23.7 Å². The molecular weight excluding hydrogens is 348 g/mol. The van der Waals surface area contributed by atoms with Crippen molar-refractivity contribution in [3.63, 3.8) is 0 Å². The van der Waals surface area contributed by atoms with Crippen LogP contribution in [0, 0.1) is 11.8 Å². The van der Waals surface area contributed by atoms with Gasteiger partial charge >= 0.3 is 6.16 Å². The highest BCUT2D eigenvalue weighted by Crippen LogP contribution is 2.55. The Labute approximate surface area is 163 Å². The molecule has 0 radical (unpaired) electrons. The van der Waals surface area contributed by atoms with E-state index in [1.807, 2.05) is 41.5 Å². The van der Waals surface area contributed by atoms with Crippen molar-refractivity contribution in [2.45, 2.75) is 110 Å². The molecule has 0 bridgehead atoms. The number of epoxide rings is 2. The quantitative estimate of drug-likeness (QED) is 0.436. The molecule has 2 aliphatic rings. The molecule has 27 heavy (non-hydrogen) atoms. The van der Waals surface area contributed by atoms with Crippen LogP contribution in [0.4, 0.5) is 4.79 Å². The molecule has 0 spiro atoms. The Morgan fingerprint density at radius 2 is 1.63 bits per heavy atom. The van der Waals surface area contributed by atoms with Crippen LogP contribution < -0.4 is 0 Å². The maximum Gasteiger partial charge on any atom is 0.509 e. The smallest absolute Gasteiger partial charge is 0.428 e. The first kappa shape index (κ1) is 22.2. The summed E-state index contributed by atoms with van der Waals surface area (Å²) in [5.74, 6) is 0.425. The third-order valence-electron chi connectivity index (χ3n) is 6.02. The summed E-state index contributed by atoms with van der Waals surface area (Å²) >= 11 is 0. The second kappa shape index (κ2) is 7.36. The largest absolute Gasteiger partial charge is 0.509 e. The third-order valence-corrected chi connectivity index (χ3v) is 6.02. The number of hydrogen-bond acceptors (Lipinski definition) is 6. The SMILES string of the molecule is CC(=O)CC(C)CC(C)(C)OC(=O)OC(C1(C)OC1C)C1(C(C)C)OC1C. The van der Waals surface area contributed by atoms with E-state index in [2.05, 4.69) is 13.8 Å². The minimum absolute atomic E-state index is 0.00729. The predicted octanol–water partition coefficient (Wildman–Crippen LogP) is 4.28. The van der Waals surface area contributed by atoms with Crippen molar-refractivity contribution in [1.29, 1.82) is 0 Å². The first-order valence-electron chi connectivity index (χ1n) is 9.99. The maximum atomic E-state index is 12.6. The molecule has 2 fully saturated rings. The number of ketones is 1. The molecule has 0 saturated carbocycles. The molecule has 2 aliphatic heterocycles. The molecule has 0 aromatic rings. The van der Waals surface area contributed by atoms with Gasteiger partial charge in [0.2, 0.25) is 0 Å². The van der Waals surface area contributed by atoms with Crippen LogP contribution in [0.1, 0.15) is 75.2 Å². The fourth-order valence-electron chi connectivity index (χ4n) is 4.52. The third kappa shape index (κ3) is 4.65. The van der Waals surface area contributed by atoms with Crippen molar-refractivity contribution in [1.82, 2.24) is 0 Å². The van der Waals surface area contributed by atoms with Gasteiger partial charge in [-0.25, -0.2) is 4.79 Å². The van der Waals surface area contributed by atoms with E-state index in [4.69, 9.17) is 18.9 Å². The molecule has 2 saturated heterocycles. The van der Waals surface area contributed by atoms with Gasteiger partial charge in [-0.3, -0.25) is 0 Å². The van der Waals surface area contributed by atoms with Crippen molar-refractivity contribution < 1.29 is 28.5 Å². The van der Waals surface area contributed by atoms with E-state index < -0.39 is 29.1 Å². The molecule has 156 valence electrons. The Morgan fingerprint density at radius 3 is 2.00 bits per heavy atom. The summed E-state index contributed by atoms with van der Waals surface area (Å²) in [7, 11) is 0. The lowest BCUT2D eigenvalue weighted by atomic mass is 9.80. The second-order valence-electron chi connectivity index (χ2n) is 9.54. The van der Waals surface area contributed by atoms with Crippen molar-refractivity contribution >= 4 is 11.9 Å². The highest BCUT2D eigenvalue weighted by molar-refractivity contribution is 5.75. The molecule has 0 aromatic heterocycles. The summed E-state index contributed by atoms with van der Waals surface area (Å²) in [6, 6.07) is 0. The number of carbonyl (C=O) groups is 2. The molecule has 0 aromatic carbocycles. The van der Waals surface area contributed by atoms with Gasteiger partial charge in [0, 0.05) is 6.42 Å². The lowest BCUT2D eigenvalue weighted by Gasteiger charge is -2.33. The van der Waals surface area contributed by atoms with Crippen molar-refractivity contribution in [3.05, 3.63) is 0 Å². The van der Waals surface area contributed by atoms with Crippen LogP contribution in [0.2, 0.25) is 0 Å². The van der Waals surface area contributed by atoms with E-state index in [-0.39, 0.29) is 29.8 Å². The molecule has 0 aliphatic carbocycles. The van der Waals surface area contributed by atoms with E-state index in [1.165, 1.54) is 0 Å². The molecule has 0 N–H and O–H groups in total. The summed E-state index contributed by atoms with van der Waals surface area (Å²) in [6.07, 6.45) is -0.216. The van der Waals surface area contributed by atoms with E-state index >= 15 is 0 Å². The van der Waals surface area contributed by atoms with Gasteiger partial charge in [0.25, 0.3) is 0 Å². The van der Waals surface area contributed by atoms with E-state index in [9.17, 15) is 9.59 Å². The fraction of sp³-hybridized carbons (Fsp3) is 0.905. The van der Waals surface area contributed by atoms with Crippen LogP contribution in [-0.4, -0.2) is 47.1 Å². The van der Waals surface area contributed by atoms with Gasteiger partial charge in [0.1, 0.15) is 22.6 Å². The standard InChI is InChI=1S/C21H36O6/c1-12(2)21(16(6)26-21)17(20(9)15(5)25-20)24-18(23)27-19(7,8)11-13(3)10-14(4)22/h12-13,15-17H,10-11H2,1-9H3. The zero-order chi connectivity index (χ0) is 20.8. The Kier molecular flexibility index (Phi) is 6.04. The lowest BCUT2D eigenvalue weighted by Crippen LogP contribution is -2.50. The molecule has 6 heteroatoms. The Bertz CT molecular complexity index is 585. The number of Topliss-reactive ketones (excluding diaryl/α,β-unsaturated/α-hetero) is 1. The topological polar surface area (TPSA) is 77.7 Å². The predicted molar refractivity (Wildman–Crippen MR) is 102 cm³/mol. The number of rotatable bonds is 9. The second-order valence-corrected chi connectivity index (χ2v) is 9.54. The number of ether oxygens (including phenoxy) is 4. The average molecular weight is 385 g/mol. The normalized spacial score (nSPS) is 34.7. The zero-order valence-electron chi connectivity index (χ0n) is 18.3. The van der Waals surface area contributed by atoms with Crippen molar-refractivity contribution in [3.8, 4) is 0 Å². The van der Waals surface area contributed by atoms with Gasteiger partial charge in [-0.1, -0.05) is 20.8 Å². The lowest BCUT2D eigenvalue weighted by molar-refractivity contribution is -0.118. The Hall–Kier alpha value is -1.14. The van der Waals surface area contributed by atoms with Crippen LogP contribution in [0.25, 0.3) is 0 Å². The molecule has 6 unspecified atom stereocenters. The van der Waals surface area contributed by atoms with Crippen LogP contribution in [0.5, 0.6) is 0 Å². The van der Waals surface area contributed by atoms with Gasteiger partial charge in [-0.2, -0.15) is 0 Å².